The van der Waals surface area contributed by atoms with Crippen LogP contribution < -0.4 is 0 Å². The van der Waals surface area contributed by atoms with Crippen molar-refractivity contribution in [2.75, 3.05) is 7.05 Å². The first-order chi connectivity index (χ1) is 8.15. The van der Waals surface area contributed by atoms with Crippen molar-refractivity contribution in [2.24, 2.45) is 0 Å². The molecule has 5 heteroatoms. The summed E-state index contributed by atoms with van der Waals surface area (Å²) < 4.78 is 2.84. The van der Waals surface area contributed by atoms with Crippen molar-refractivity contribution in [2.45, 2.75) is 13.1 Å². The number of hydrogen-bond donors (Lipinski definition) is 1. The molecule has 0 spiro atoms. The maximum Gasteiger partial charge on any atom is 0.133 e. The molecular weight excluding hydrogens is 282 g/mol. The van der Waals surface area contributed by atoms with Gasteiger partial charge in [0.15, 0.2) is 0 Å². The number of rotatable bonds is 1. The molecule has 1 aromatic heterocycles. The molecular formula is C12H12BrN3O. The van der Waals surface area contributed by atoms with Gasteiger partial charge >= 0.3 is 0 Å². The Labute approximate surface area is 108 Å². The van der Waals surface area contributed by atoms with Crippen molar-refractivity contribution < 1.29 is 5.11 Å². The zero-order valence-corrected chi connectivity index (χ0v) is 11.0. The van der Waals surface area contributed by atoms with Crippen LogP contribution in [0.1, 0.15) is 11.3 Å². The molecule has 2 aromatic rings. The van der Waals surface area contributed by atoms with Gasteiger partial charge < -0.3 is 5.11 Å². The lowest BCUT2D eigenvalue weighted by Crippen LogP contribution is -2.11. The highest BCUT2D eigenvalue weighted by molar-refractivity contribution is 9.10. The van der Waals surface area contributed by atoms with E-state index in [9.17, 15) is 5.11 Å². The Balaban J connectivity index is 2.10. The second kappa shape index (κ2) is 3.85. The quantitative estimate of drug-likeness (QED) is 0.877. The summed E-state index contributed by atoms with van der Waals surface area (Å²) in [5.41, 5.74) is 3.44. The van der Waals surface area contributed by atoms with Gasteiger partial charge in [-0.1, -0.05) is 0 Å². The minimum absolute atomic E-state index is 0.272. The topological polar surface area (TPSA) is 41.3 Å². The largest absolute Gasteiger partial charge is 0.508 e. The van der Waals surface area contributed by atoms with Crippen LogP contribution in [0.4, 0.5) is 0 Å². The van der Waals surface area contributed by atoms with Crippen molar-refractivity contribution in [1.82, 2.24) is 14.7 Å². The Morgan fingerprint density at radius 1 is 1.24 bits per heavy atom. The van der Waals surface area contributed by atoms with E-state index in [2.05, 4.69) is 33.0 Å². The van der Waals surface area contributed by atoms with E-state index in [-0.39, 0.29) is 5.75 Å². The monoisotopic (exact) mass is 293 g/mol. The second-order valence-electron chi connectivity index (χ2n) is 4.32. The van der Waals surface area contributed by atoms with Gasteiger partial charge in [-0.3, -0.25) is 4.90 Å². The molecule has 1 aliphatic heterocycles. The van der Waals surface area contributed by atoms with Crippen molar-refractivity contribution in [3.63, 3.8) is 0 Å². The first-order valence-electron chi connectivity index (χ1n) is 5.39. The van der Waals surface area contributed by atoms with E-state index in [4.69, 9.17) is 0 Å². The average molecular weight is 294 g/mol. The summed E-state index contributed by atoms with van der Waals surface area (Å²) in [6.45, 7) is 1.82. The van der Waals surface area contributed by atoms with Gasteiger partial charge in [0.1, 0.15) is 10.4 Å². The summed E-state index contributed by atoms with van der Waals surface area (Å²) in [4.78, 5) is 2.24. The van der Waals surface area contributed by atoms with E-state index < -0.39 is 0 Å². The molecule has 88 valence electrons. The van der Waals surface area contributed by atoms with Crippen LogP contribution in [0.25, 0.3) is 5.69 Å². The van der Waals surface area contributed by atoms with Gasteiger partial charge in [0, 0.05) is 18.7 Å². The van der Waals surface area contributed by atoms with Gasteiger partial charge in [-0.05, 0) is 47.2 Å². The molecule has 0 saturated heterocycles. The van der Waals surface area contributed by atoms with Crippen LogP contribution in [-0.4, -0.2) is 26.8 Å². The van der Waals surface area contributed by atoms with Crippen LogP contribution in [-0.2, 0) is 13.1 Å². The lowest BCUT2D eigenvalue weighted by molar-refractivity contribution is 0.345. The average Bonchev–Trinajstić information content (AvgIpc) is 2.80. The number of halogens is 1. The zero-order chi connectivity index (χ0) is 12.0. The minimum Gasteiger partial charge on any atom is -0.508 e. The standard InChI is InChI=1S/C12H12BrN3O/c1-15-6-10-11(7-15)16(14-12(10)13)8-2-4-9(17)5-3-8/h2-5,17H,6-7H2,1H3. The van der Waals surface area contributed by atoms with Crippen LogP contribution >= 0.6 is 15.9 Å². The number of phenols is 1. The number of fused-ring (bicyclic) bond motifs is 1. The molecule has 1 aliphatic rings. The molecule has 4 nitrogen and oxygen atoms in total. The summed E-state index contributed by atoms with van der Waals surface area (Å²) in [6, 6.07) is 7.09. The maximum absolute atomic E-state index is 9.30. The fraction of sp³-hybridized carbons (Fsp3) is 0.250. The molecule has 3 rings (SSSR count). The third-order valence-corrected chi connectivity index (χ3v) is 3.62. The summed E-state index contributed by atoms with van der Waals surface area (Å²) in [5.74, 6) is 0.272. The first kappa shape index (κ1) is 10.8. The lowest BCUT2D eigenvalue weighted by Gasteiger charge is -2.08. The lowest BCUT2D eigenvalue weighted by atomic mass is 10.2. The number of hydrogen-bond acceptors (Lipinski definition) is 3. The number of nitrogens with zero attached hydrogens (tertiary/aromatic N) is 3. The highest BCUT2D eigenvalue weighted by Crippen LogP contribution is 2.30. The Bertz CT molecular complexity index is 562. The molecule has 0 fully saturated rings. The van der Waals surface area contributed by atoms with E-state index in [0.717, 1.165) is 23.4 Å². The molecule has 0 unspecified atom stereocenters. The number of aromatic nitrogens is 2. The second-order valence-corrected chi connectivity index (χ2v) is 5.07. The van der Waals surface area contributed by atoms with Gasteiger partial charge in [-0.2, -0.15) is 5.10 Å². The molecule has 0 atom stereocenters. The van der Waals surface area contributed by atoms with Gasteiger partial charge in [0.05, 0.1) is 11.4 Å². The normalized spacial score (nSPS) is 15.2. The molecule has 0 aliphatic carbocycles. The maximum atomic E-state index is 9.30. The third-order valence-electron chi connectivity index (χ3n) is 2.98. The Hall–Kier alpha value is -1.33. The fourth-order valence-electron chi connectivity index (χ4n) is 2.16. The molecule has 2 heterocycles. The van der Waals surface area contributed by atoms with Crippen LogP contribution in [0.5, 0.6) is 5.75 Å². The fourth-order valence-corrected chi connectivity index (χ4v) is 2.68. The van der Waals surface area contributed by atoms with Crippen LogP contribution in [0.15, 0.2) is 28.9 Å². The Morgan fingerprint density at radius 2 is 1.94 bits per heavy atom. The highest BCUT2D eigenvalue weighted by atomic mass is 79.9. The van der Waals surface area contributed by atoms with Crippen LogP contribution in [0.2, 0.25) is 0 Å². The molecule has 1 aromatic carbocycles. The third kappa shape index (κ3) is 1.75. The van der Waals surface area contributed by atoms with Gasteiger partial charge in [0.2, 0.25) is 0 Å². The van der Waals surface area contributed by atoms with Crippen molar-refractivity contribution >= 4 is 15.9 Å². The van der Waals surface area contributed by atoms with Gasteiger partial charge in [0.25, 0.3) is 0 Å². The van der Waals surface area contributed by atoms with Crippen molar-refractivity contribution in [1.29, 1.82) is 0 Å². The molecule has 0 saturated carbocycles. The summed E-state index contributed by atoms with van der Waals surface area (Å²) >= 11 is 3.50. The molecule has 0 radical (unpaired) electrons. The van der Waals surface area contributed by atoms with Crippen molar-refractivity contribution in [3.05, 3.63) is 40.1 Å². The first-order valence-corrected chi connectivity index (χ1v) is 6.18. The smallest absolute Gasteiger partial charge is 0.133 e. The van der Waals surface area contributed by atoms with Crippen LogP contribution in [0.3, 0.4) is 0 Å². The summed E-state index contributed by atoms with van der Waals surface area (Å²) in [6.07, 6.45) is 0. The van der Waals surface area contributed by atoms with E-state index >= 15 is 0 Å². The summed E-state index contributed by atoms with van der Waals surface area (Å²) in [7, 11) is 2.09. The molecule has 17 heavy (non-hydrogen) atoms. The van der Waals surface area contributed by atoms with Crippen LogP contribution in [0, 0.1) is 0 Å². The highest BCUT2D eigenvalue weighted by Gasteiger charge is 2.25. The molecule has 0 bridgehead atoms. The van der Waals surface area contributed by atoms with Gasteiger partial charge in [-0.15, -0.1) is 0 Å². The molecule has 1 N–H and O–H groups in total. The Kier molecular flexibility index (Phi) is 2.45. The number of phenolic OH excluding ortho intramolecular Hbond substituents is 1. The van der Waals surface area contributed by atoms with Crippen molar-refractivity contribution in [3.8, 4) is 11.4 Å². The predicted octanol–water partition coefficient (Wildman–Crippen LogP) is 2.29. The van der Waals surface area contributed by atoms with E-state index in [1.807, 2.05) is 16.8 Å². The number of aromatic hydroxyl groups is 1. The zero-order valence-electron chi connectivity index (χ0n) is 9.39. The minimum atomic E-state index is 0.272. The molecule has 0 amide bonds. The van der Waals surface area contributed by atoms with E-state index in [1.165, 1.54) is 11.3 Å². The Morgan fingerprint density at radius 3 is 2.65 bits per heavy atom. The van der Waals surface area contributed by atoms with Gasteiger partial charge in [-0.25, -0.2) is 4.68 Å². The van der Waals surface area contributed by atoms with E-state index in [1.54, 1.807) is 12.1 Å². The summed E-state index contributed by atoms with van der Waals surface area (Å²) in [5, 5.41) is 13.8. The number of benzene rings is 1. The SMILES string of the molecule is CN1Cc2c(Br)nn(-c3ccc(O)cc3)c2C1. The van der Waals surface area contributed by atoms with E-state index in [0.29, 0.717) is 0 Å². The predicted molar refractivity (Wildman–Crippen MR) is 68.1 cm³/mol.